The van der Waals surface area contributed by atoms with E-state index in [0.717, 1.165) is 0 Å². The van der Waals surface area contributed by atoms with E-state index in [-0.39, 0.29) is 6.71 Å². The fourth-order valence-electron chi connectivity index (χ4n) is 4.99. The summed E-state index contributed by atoms with van der Waals surface area (Å²) in [7, 11) is 0. The van der Waals surface area contributed by atoms with Crippen LogP contribution in [-0.4, -0.2) is 6.71 Å². The SMILES string of the molecule is Cc1cc2c(cc1Sc1ccccc1)-c1cc(Sc3ccccc3)c(C)cc1B2c1ccccc1. The van der Waals surface area contributed by atoms with Crippen LogP contribution in [0.15, 0.2) is 135 Å². The monoisotopic (exact) mass is 484 g/mol. The fourth-order valence-corrected chi connectivity index (χ4v) is 6.88. The van der Waals surface area contributed by atoms with Gasteiger partial charge >= 0.3 is 0 Å². The molecule has 5 aromatic carbocycles. The average molecular weight is 484 g/mol. The van der Waals surface area contributed by atoms with Crippen molar-refractivity contribution in [2.45, 2.75) is 33.4 Å². The Morgan fingerprint density at radius 2 is 0.886 bits per heavy atom. The van der Waals surface area contributed by atoms with Crippen LogP contribution < -0.4 is 16.4 Å². The third-order valence-corrected chi connectivity index (χ3v) is 9.02. The van der Waals surface area contributed by atoms with Gasteiger partial charge in [-0.2, -0.15) is 0 Å². The highest BCUT2D eigenvalue weighted by atomic mass is 32.2. The minimum atomic E-state index is 0.269. The summed E-state index contributed by atoms with van der Waals surface area (Å²) in [5, 5.41) is 0. The van der Waals surface area contributed by atoms with Crippen LogP contribution in [0.5, 0.6) is 0 Å². The maximum atomic E-state index is 2.43. The lowest BCUT2D eigenvalue weighted by molar-refractivity contribution is 1.29. The first kappa shape index (κ1) is 22.3. The molecule has 35 heavy (non-hydrogen) atoms. The third kappa shape index (κ3) is 4.35. The smallest absolute Gasteiger partial charge is 0.0898 e. The van der Waals surface area contributed by atoms with E-state index in [9.17, 15) is 0 Å². The van der Waals surface area contributed by atoms with Crippen molar-refractivity contribution in [3.05, 3.63) is 126 Å². The van der Waals surface area contributed by atoms with Gasteiger partial charge in [-0.3, -0.25) is 0 Å². The quantitative estimate of drug-likeness (QED) is 0.239. The second kappa shape index (κ2) is 9.49. The molecule has 0 aliphatic carbocycles. The van der Waals surface area contributed by atoms with Crippen molar-refractivity contribution in [3.8, 4) is 11.1 Å². The molecule has 0 fully saturated rings. The molecule has 168 valence electrons. The summed E-state index contributed by atoms with van der Waals surface area (Å²) in [6.07, 6.45) is 0. The Bertz CT molecular complexity index is 1400. The molecule has 1 aliphatic heterocycles. The van der Waals surface area contributed by atoms with Crippen LogP contribution in [0, 0.1) is 13.8 Å². The number of hydrogen-bond acceptors (Lipinski definition) is 2. The molecule has 0 spiro atoms. The largest absolute Gasteiger partial charge is 0.242 e. The molecule has 0 saturated carbocycles. The number of hydrogen-bond donors (Lipinski definition) is 0. The summed E-state index contributed by atoms with van der Waals surface area (Å²) >= 11 is 3.71. The molecule has 0 bridgehead atoms. The van der Waals surface area contributed by atoms with Gasteiger partial charge in [-0.1, -0.05) is 119 Å². The van der Waals surface area contributed by atoms with Crippen molar-refractivity contribution >= 4 is 46.6 Å². The molecule has 0 atom stereocenters. The first-order chi connectivity index (χ1) is 17.2. The van der Waals surface area contributed by atoms with Crippen LogP contribution >= 0.6 is 23.5 Å². The van der Waals surface area contributed by atoms with E-state index in [1.165, 1.54) is 58.2 Å². The van der Waals surface area contributed by atoms with E-state index < -0.39 is 0 Å². The molecular formula is C32H25BS2. The zero-order valence-electron chi connectivity index (χ0n) is 19.9. The van der Waals surface area contributed by atoms with Gasteiger partial charge in [-0.15, -0.1) is 0 Å². The van der Waals surface area contributed by atoms with Crippen molar-refractivity contribution in [1.82, 2.24) is 0 Å². The van der Waals surface area contributed by atoms with Gasteiger partial charge in [0.05, 0.1) is 0 Å². The summed E-state index contributed by atoms with van der Waals surface area (Å²) in [6.45, 7) is 4.77. The maximum Gasteiger partial charge on any atom is 0.242 e. The Balaban J connectivity index is 1.51. The van der Waals surface area contributed by atoms with Crippen LogP contribution in [0.25, 0.3) is 11.1 Å². The van der Waals surface area contributed by atoms with E-state index >= 15 is 0 Å². The van der Waals surface area contributed by atoms with Crippen molar-refractivity contribution in [1.29, 1.82) is 0 Å². The van der Waals surface area contributed by atoms with E-state index in [4.69, 9.17) is 0 Å². The summed E-state index contributed by atoms with van der Waals surface area (Å²) in [5.41, 5.74) is 9.60. The lowest BCUT2D eigenvalue weighted by Crippen LogP contribution is -2.49. The fraction of sp³-hybridized carbons (Fsp3) is 0.0625. The van der Waals surface area contributed by atoms with Gasteiger partial charge in [-0.25, -0.2) is 0 Å². The van der Waals surface area contributed by atoms with Crippen LogP contribution in [0.3, 0.4) is 0 Å². The molecule has 0 unspecified atom stereocenters. The van der Waals surface area contributed by atoms with Gasteiger partial charge < -0.3 is 0 Å². The first-order valence-electron chi connectivity index (χ1n) is 12.0. The Hall–Kier alpha value is -3.14. The molecule has 0 amide bonds. The zero-order valence-corrected chi connectivity index (χ0v) is 21.5. The Labute approximate surface area is 216 Å². The minimum Gasteiger partial charge on any atom is -0.0898 e. The number of benzene rings is 5. The summed E-state index contributed by atoms with van der Waals surface area (Å²) in [6, 6.07) is 42.0. The second-order valence-corrected chi connectivity index (χ2v) is 11.3. The highest BCUT2D eigenvalue weighted by Gasteiger charge is 2.34. The highest BCUT2D eigenvalue weighted by molar-refractivity contribution is 7.99. The predicted octanol–water partition coefficient (Wildman–Crippen LogP) is 7.10. The molecule has 1 aliphatic rings. The van der Waals surface area contributed by atoms with Crippen LogP contribution in [0.1, 0.15) is 11.1 Å². The normalized spacial score (nSPS) is 11.9. The Morgan fingerprint density at radius 1 is 0.486 bits per heavy atom. The van der Waals surface area contributed by atoms with Crippen LogP contribution in [0.4, 0.5) is 0 Å². The lowest BCUT2D eigenvalue weighted by Gasteiger charge is -2.14. The molecule has 0 nitrogen and oxygen atoms in total. The zero-order chi connectivity index (χ0) is 23.8. The summed E-state index contributed by atoms with van der Waals surface area (Å²) < 4.78 is 0. The Kier molecular flexibility index (Phi) is 6.06. The van der Waals surface area contributed by atoms with Crippen LogP contribution in [-0.2, 0) is 0 Å². The predicted molar refractivity (Wildman–Crippen MR) is 154 cm³/mol. The van der Waals surface area contributed by atoms with Gasteiger partial charge in [0, 0.05) is 19.6 Å². The van der Waals surface area contributed by atoms with Gasteiger partial charge in [0.1, 0.15) is 0 Å². The molecule has 0 saturated heterocycles. The average Bonchev–Trinajstić information content (AvgIpc) is 3.18. The van der Waals surface area contributed by atoms with Gasteiger partial charge in [0.15, 0.2) is 0 Å². The van der Waals surface area contributed by atoms with Gasteiger partial charge in [0.25, 0.3) is 0 Å². The number of fused-ring (bicyclic) bond motifs is 3. The molecule has 0 aromatic heterocycles. The number of rotatable bonds is 5. The standard InChI is InChI=1S/C32H25BS2/c1-22-18-29-27(20-31(22)34-25-14-8-4-9-15-25)28-21-32(35-26-16-10-5-11-17-26)23(2)19-30(28)33(29)24-12-6-3-7-13-24/h3-21H,1-2H3. The van der Waals surface area contributed by atoms with E-state index in [0.29, 0.717) is 0 Å². The molecule has 6 rings (SSSR count). The van der Waals surface area contributed by atoms with Crippen molar-refractivity contribution in [2.75, 3.05) is 0 Å². The van der Waals surface area contributed by atoms with Crippen molar-refractivity contribution < 1.29 is 0 Å². The first-order valence-corrected chi connectivity index (χ1v) is 13.6. The summed E-state index contributed by atoms with van der Waals surface area (Å²) in [5.74, 6) is 0. The molecule has 5 aromatic rings. The third-order valence-electron chi connectivity index (χ3n) is 6.68. The molecular weight excluding hydrogens is 459 g/mol. The maximum absolute atomic E-state index is 2.43. The van der Waals surface area contributed by atoms with Gasteiger partial charge in [0.2, 0.25) is 6.71 Å². The second-order valence-electron chi connectivity index (χ2n) is 9.08. The van der Waals surface area contributed by atoms with Gasteiger partial charge in [-0.05, 0) is 72.5 Å². The minimum absolute atomic E-state index is 0.269. The topological polar surface area (TPSA) is 0 Å². The van der Waals surface area contributed by atoms with Crippen LogP contribution in [0.2, 0.25) is 0 Å². The van der Waals surface area contributed by atoms with E-state index in [1.54, 1.807) is 0 Å². The van der Waals surface area contributed by atoms with E-state index in [2.05, 4.69) is 129 Å². The van der Waals surface area contributed by atoms with Crippen molar-refractivity contribution in [3.63, 3.8) is 0 Å². The summed E-state index contributed by atoms with van der Waals surface area (Å²) in [4.78, 5) is 5.20. The molecule has 3 heteroatoms. The highest BCUT2D eigenvalue weighted by Crippen LogP contribution is 2.38. The Morgan fingerprint density at radius 3 is 1.31 bits per heavy atom. The molecule has 1 heterocycles. The van der Waals surface area contributed by atoms with E-state index in [1.807, 2.05) is 23.5 Å². The lowest BCUT2D eigenvalue weighted by atomic mass is 9.39. The van der Waals surface area contributed by atoms with Crippen molar-refractivity contribution in [2.24, 2.45) is 0 Å². The molecule has 0 radical (unpaired) electrons. The number of aryl methyl sites for hydroxylation is 2. The molecule has 0 N–H and O–H groups in total.